The third-order valence-electron chi connectivity index (χ3n) is 5.03. The maximum Gasteiger partial charge on any atom is 0.414 e. The van der Waals surface area contributed by atoms with Crippen LogP contribution in [-0.2, 0) is 9.47 Å². The van der Waals surface area contributed by atoms with Gasteiger partial charge < -0.3 is 20.3 Å². The summed E-state index contributed by atoms with van der Waals surface area (Å²) in [5.41, 5.74) is 6.02. The van der Waals surface area contributed by atoms with E-state index in [-0.39, 0.29) is 48.7 Å². The molecule has 2 heterocycles. The number of aliphatic hydroxyl groups excluding tert-OH is 1. The lowest BCUT2D eigenvalue weighted by Crippen LogP contribution is -2.27. The standard InChI is InChI=1S/C20H19F2N3O5/c21-17-5-11(24-8-13(7-23)29-19(24)27)1-3-15(17)16-4-2-12(6-18(16)22)25-9-14(10-26)30-20(25)28/h1-6,13-14,26H,7-10,23H2/t13-,14-/m1/s1. The van der Waals surface area contributed by atoms with Crippen molar-refractivity contribution >= 4 is 23.6 Å². The zero-order chi connectivity index (χ0) is 21.4. The number of carbonyl (C=O) groups is 2. The molecular weight excluding hydrogens is 400 g/mol. The number of aliphatic hydroxyl groups is 1. The fourth-order valence-corrected chi connectivity index (χ4v) is 3.46. The minimum absolute atomic E-state index is 0.00194. The summed E-state index contributed by atoms with van der Waals surface area (Å²) in [5.74, 6) is -1.45. The van der Waals surface area contributed by atoms with Crippen LogP contribution in [-0.4, -0.2) is 55.7 Å². The van der Waals surface area contributed by atoms with Gasteiger partial charge in [-0.25, -0.2) is 18.4 Å². The Balaban J connectivity index is 1.59. The Kier molecular flexibility index (Phi) is 5.27. The molecule has 3 N–H and O–H groups in total. The summed E-state index contributed by atoms with van der Waals surface area (Å²) in [6.45, 7) is 0.117. The highest BCUT2D eigenvalue weighted by atomic mass is 19.1. The lowest BCUT2D eigenvalue weighted by Gasteiger charge is -2.16. The number of carbonyl (C=O) groups excluding carboxylic acids is 2. The summed E-state index contributed by atoms with van der Waals surface area (Å²) in [4.78, 5) is 26.2. The van der Waals surface area contributed by atoms with Crippen LogP contribution >= 0.6 is 0 Å². The molecule has 2 aliphatic heterocycles. The van der Waals surface area contributed by atoms with Crippen LogP contribution in [0.25, 0.3) is 11.1 Å². The third kappa shape index (κ3) is 3.55. The van der Waals surface area contributed by atoms with Crippen molar-refractivity contribution in [2.45, 2.75) is 12.2 Å². The second-order valence-corrected chi connectivity index (χ2v) is 6.98. The van der Waals surface area contributed by atoms with Gasteiger partial charge >= 0.3 is 12.2 Å². The van der Waals surface area contributed by atoms with Crippen molar-refractivity contribution in [2.75, 3.05) is 36.0 Å². The molecular formula is C20H19F2N3O5. The second-order valence-electron chi connectivity index (χ2n) is 6.98. The van der Waals surface area contributed by atoms with Crippen LogP contribution in [0.3, 0.4) is 0 Å². The Bertz CT molecular complexity index is 923. The minimum Gasteiger partial charge on any atom is -0.443 e. The van der Waals surface area contributed by atoms with E-state index in [4.69, 9.17) is 20.3 Å². The van der Waals surface area contributed by atoms with E-state index in [0.717, 1.165) is 12.1 Å². The van der Waals surface area contributed by atoms with Crippen molar-refractivity contribution in [3.05, 3.63) is 48.0 Å². The van der Waals surface area contributed by atoms with Gasteiger partial charge in [-0.15, -0.1) is 0 Å². The summed E-state index contributed by atoms with van der Waals surface area (Å²) in [6.07, 6.45) is -2.45. The van der Waals surface area contributed by atoms with E-state index in [9.17, 15) is 18.4 Å². The number of rotatable bonds is 5. The zero-order valence-corrected chi connectivity index (χ0v) is 15.8. The first kappa shape index (κ1) is 20.0. The Morgan fingerprint density at radius 1 is 0.900 bits per heavy atom. The van der Waals surface area contributed by atoms with Crippen LogP contribution in [0, 0.1) is 11.6 Å². The van der Waals surface area contributed by atoms with E-state index in [1.54, 1.807) is 0 Å². The highest BCUT2D eigenvalue weighted by Crippen LogP contribution is 2.33. The molecule has 0 radical (unpaired) electrons. The number of nitrogens with zero attached hydrogens (tertiary/aromatic N) is 2. The highest BCUT2D eigenvalue weighted by Gasteiger charge is 2.33. The molecule has 0 aliphatic carbocycles. The first-order chi connectivity index (χ1) is 14.4. The number of ether oxygens (including phenoxy) is 2. The zero-order valence-electron chi connectivity index (χ0n) is 15.8. The van der Waals surface area contributed by atoms with E-state index < -0.39 is 36.0 Å². The molecule has 30 heavy (non-hydrogen) atoms. The monoisotopic (exact) mass is 419 g/mol. The molecule has 2 amide bonds. The van der Waals surface area contributed by atoms with Gasteiger partial charge in [-0.3, -0.25) is 9.80 Å². The van der Waals surface area contributed by atoms with E-state index in [0.29, 0.717) is 0 Å². The number of amides is 2. The molecule has 0 spiro atoms. The number of cyclic esters (lactones) is 2. The number of halogens is 2. The lowest BCUT2D eigenvalue weighted by molar-refractivity contribution is 0.0963. The van der Waals surface area contributed by atoms with Crippen molar-refractivity contribution in [2.24, 2.45) is 5.73 Å². The summed E-state index contributed by atoms with van der Waals surface area (Å²) in [5, 5.41) is 9.11. The first-order valence-electron chi connectivity index (χ1n) is 9.28. The maximum absolute atomic E-state index is 14.8. The largest absolute Gasteiger partial charge is 0.443 e. The van der Waals surface area contributed by atoms with Crippen LogP contribution < -0.4 is 15.5 Å². The fourth-order valence-electron chi connectivity index (χ4n) is 3.46. The minimum atomic E-state index is -0.733. The predicted octanol–water partition coefficient (Wildman–Crippen LogP) is 2.23. The Morgan fingerprint density at radius 2 is 1.37 bits per heavy atom. The van der Waals surface area contributed by atoms with Gasteiger partial charge in [0.25, 0.3) is 0 Å². The molecule has 0 unspecified atom stereocenters. The molecule has 2 atom stereocenters. The number of nitrogens with two attached hydrogens (primary N) is 1. The Morgan fingerprint density at radius 3 is 1.73 bits per heavy atom. The van der Waals surface area contributed by atoms with Crippen molar-refractivity contribution < 1.29 is 33.0 Å². The van der Waals surface area contributed by atoms with Crippen molar-refractivity contribution in [3.63, 3.8) is 0 Å². The molecule has 2 aliphatic rings. The lowest BCUT2D eigenvalue weighted by atomic mass is 10.0. The quantitative estimate of drug-likeness (QED) is 0.770. The van der Waals surface area contributed by atoms with Gasteiger partial charge in [-0.1, -0.05) is 0 Å². The van der Waals surface area contributed by atoms with Crippen LogP contribution in [0.1, 0.15) is 0 Å². The van der Waals surface area contributed by atoms with Gasteiger partial charge in [0, 0.05) is 17.7 Å². The summed E-state index contributed by atoms with van der Waals surface area (Å²) >= 11 is 0. The molecule has 8 nitrogen and oxygen atoms in total. The average Bonchev–Trinajstić information content (AvgIpc) is 3.30. The maximum atomic E-state index is 14.8. The smallest absolute Gasteiger partial charge is 0.414 e. The molecule has 4 rings (SSSR count). The second kappa shape index (κ2) is 7.88. The highest BCUT2D eigenvalue weighted by molar-refractivity contribution is 5.91. The van der Waals surface area contributed by atoms with Gasteiger partial charge in [0.1, 0.15) is 23.8 Å². The predicted molar refractivity (Wildman–Crippen MR) is 103 cm³/mol. The number of anilines is 2. The van der Waals surface area contributed by atoms with Crippen LogP contribution in [0.2, 0.25) is 0 Å². The third-order valence-corrected chi connectivity index (χ3v) is 5.03. The molecule has 0 bridgehead atoms. The molecule has 10 heteroatoms. The Labute approximate surface area is 170 Å². The van der Waals surface area contributed by atoms with E-state index >= 15 is 0 Å². The van der Waals surface area contributed by atoms with E-state index in [1.807, 2.05) is 0 Å². The van der Waals surface area contributed by atoms with Crippen molar-refractivity contribution in [1.29, 1.82) is 0 Å². The van der Waals surface area contributed by atoms with Crippen molar-refractivity contribution in [3.8, 4) is 11.1 Å². The molecule has 158 valence electrons. The molecule has 2 fully saturated rings. The first-order valence-corrected chi connectivity index (χ1v) is 9.28. The number of benzene rings is 2. The van der Waals surface area contributed by atoms with Gasteiger partial charge in [0.15, 0.2) is 0 Å². The normalized spacial score (nSPS) is 21.2. The van der Waals surface area contributed by atoms with Crippen LogP contribution in [0.15, 0.2) is 36.4 Å². The summed E-state index contributed by atoms with van der Waals surface area (Å²) in [7, 11) is 0. The van der Waals surface area contributed by atoms with E-state index in [2.05, 4.69) is 0 Å². The Hall–Kier alpha value is -3.24. The molecule has 2 aromatic rings. The summed E-state index contributed by atoms with van der Waals surface area (Å²) < 4.78 is 39.5. The topological polar surface area (TPSA) is 105 Å². The number of hydrogen-bond donors (Lipinski definition) is 2. The molecule has 0 aromatic heterocycles. The molecule has 0 saturated carbocycles. The van der Waals surface area contributed by atoms with Gasteiger partial charge in [0.2, 0.25) is 0 Å². The number of hydrogen-bond acceptors (Lipinski definition) is 6. The summed E-state index contributed by atoms with van der Waals surface area (Å²) in [6, 6.07) is 7.93. The van der Waals surface area contributed by atoms with Gasteiger partial charge in [-0.05, 0) is 36.4 Å². The SMILES string of the molecule is NC[C@@H]1CN(c2ccc(-c3ccc(N4C[C@H](CO)OC4=O)cc3F)c(F)c2)C(=O)O1. The van der Waals surface area contributed by atoms with Crippen molar-refractivity contribution in [1.82, 2.24) is 0 Å². The molecule has 2 saturated heterocycles. The average molecular weight is 419 g/mol. The van der Waals surface area contributed by atoms with Crippen LogP contribution in [0.5, 0.6) is 0 Å². The van der Waals surface area contributed by atoms with Gasteiger partial charge in [-0.2, -0.15) is 0 Å². The fraction of sp³-hybridized carbons (Fsp3) is 0.300. The van der Waals surface area contributed by atoms with E-state index in [1.165, 1.54) is 34.1 Å². The van der Waals surface area contributed by atoms with Crippen LogP contribution in [0.4, 0.5) is 29.7 Å². The molecule has 2 aromatic carbocycles. The van der Waals surface area contributed by atoms with Gasteiger partial charge in [0.05, 0.1) is 31.1 Å².